The van der Waals surface area contributed by atoms with Gasteiger partial charge in [0, 0.05) is 11.8 Å². The Morgan fingerprint density at radius 3 is 2.65 bits per heavy atom. The molecule has 92 valence electrons. The first kappa shape index (κ1) is 11.5. The van der Waals surface area contributed by atoms with E-state index in [9.17, 15) is 0 Å². The minimum atomic E-state index is 0.182. The van der Waals surface area contributed by atoms with Crippen LogP contribution in [0.25, 0.3) is 0 Å². The number of aryl methyl sites for hydroxylation is 2. The second-order valence-corrected chi connectivity index (χ2v) is 4.33. The molecule has 0 aliphatic heterocycles. The van der Waals surface area contributed by atoms with Crippen molar-refractivity contribution in [1.29, 1.82) is 0 Å². The van der Waals surface area contributed by atoms with Gasteiger partial charge in [-0.1, -0.05) is 0 Å². The van der Waals surface area contributed by atoms with Gasteiger partial charge in [0.15, 0.2) is 0 Å². The van der Waals surface area contributed by atoms with Crippen LogP contribution in [0.15, 0.2) is 6.07 Å². The zero-order valence-corrected chi connectivity index (χ0v) is 10.5. The highest BCUT2D eigenvalue weighted by Gasteiger charge is 2.17. The number of anilines is 1. The largest absolute Gasteiger partial charge is 0.417 e. The number of hydrogen-bond acceptors (Lipinski definition) is 4. The minimum absolute atomic E-state index is 0.182. The molecule has 3 N–H and O–H groups in total. The summed E-state index contributed by atoms with van der Waals surface area (Å²) in [6, 6.07) is 1.99. The standard InChI is InChI=1S/C11H17N5O/c1-6(2)16-11(10(12)8(4)15-16)17-9-5-7(3)13-14-9/h5-6H,12H2,1-4H3,(H,13,14). The molecule has 0 unspecified atom stereocenters. The molecule has 0 amide bonds. The van der Waals surface area contributed by atoms with Crippen LogP contribution in [0.5, 0.6) is 11.8 Å². The highest BCUT2D eigenvalue weighted by Crippen LogP contribution is 2.31. The van der Waals surface area contributed by atoms with Crippen LogP contribution < -0.4 is 10.5 Å². The van der Waals surface area contributed by atoms with Crippen molar-refractivity contribution in [3.05, 3.63) is 17.5 Å². The Balaban J connectivity index is 2.37. The first-order valence-electron chi connectivity index (χ1n) is 5.53. The van der Waals surface area contributed by atoms with E-state index in [1.54, 1.807) is 4.68 Å². The third kappa shape index (κ3) is 2.11. The SMILES string of the molecule is Cc1cc(Oc2c(N)c(C)nn2C(C)C)n[nH]1. The molecule has 2 aromatic rings. The van der Waals surface area contributed by atoms with Gasteiger partial charge in [-0.2, -0.15) is 5.10 Å². The Bertz CT molecular complexity index is 526. The van der Waals surface area contributed by atoms with Gasteiger partial charge in [-0.3, -0.25) is 5.10 Å². The summed E-state index contributed by atoms with van der Waals surface area (Å²) in [6.07, 6.45) is 0. The van der Waals surface area contributed by atoms with Crippen molar-refractivity contribution >= 4 is 5.69 Å². The molecule has 6 heteroatoms. The van der Waals surface area contributed by atoms with Crippen LogP contribution in [0.2, 0.25) is 0 Å². The van der Waals surface area contributed by atoms with E-state index < -0.39 is 0 Å². The molecule has 0 aromatic carbocycles. The lowest BCUT2D eigenvalue weighted by Crippen LogP contribution is -2.05. The van der Waals surface area contributed by atoms with Gasteiger partial charge in [-0.15, -0.1) is 5.10 Å². The number of H-pyrrole nitrogens is 1. The summed E-state index contributed by atoms with van der Waals surface area (Å²) in [4.78, 5) is 0. The molecule has 6 nitrogen and oxygen atoms in total. The topological polar surface area (TPSA) is 81.8 Å². The van der Waals surface area contributed by atoms with Crippen molar-refractivity contribution in [2.75, 3.05) is 5.73 Å². The molecular weight excluding hydrogens is 218 g/mol. The Morgan fingerprint density at radius 1 is 1.41 bits per heavy atom. The number of nitrogen functional groups attached to an aromatic ring is 1. The van der Waals surface area contributed by atoms with Gasteiger partial charge in [0.25, 0.3) is 0 Å². The first-order valence-corrected chi connectivity index (χ1v) is 5.53. The molecule has 0 aliphatic carbocycles. The Morgan fingerprint density at radius 2 is 2.12 bits per heavy atom. The van der Waals surface area contributed by atoms with Crippen molar-refractivity contribution in [3.8, 4) is 11.8 Å². The van der Waals surface area contributed by atoms with Crippen molar-refractivity contribution in [2.24, 2.45) is 0 Å². The third-order valence-corrected chi connectivity index (χ3v) is 2.46. The van der Waals surface area contributed by atoms with Gasteiger partial charge in [-0.05, 0) is 27.7 Å². The van der Waals surface area contributed by atoms with Gasteiger partial charge in [-0.25, -0.2) is 4.68 Å². The third-order valence-electron chi connectivity index (χ3n) is 2.46. The lowest BCUT2D eigenvalue weighted by atomic mass is 10.4. The number of nitrogens with zero attached hydrogens (tertiary/aromatic N) is 3. The van der Waals surface area contributed by atoms with Crippen LogP contribution in [-0.2, 0) is 0 Å². The van der Waals surface area contributed by atoms with E-state index >= 15 is 0 Å². The van der Waals surface area contributed by atoms with Crippen LogP contribution in [-0.4, -0.2) is 20.0 Å². The van der Waals surface area contributed by atoms with Crippen molar-refractivity contribution < 1.29 is 4.74 Å². The molecule has 17 heavy (non-hydrogen) atoms. The maximum absolute atomic E-state index is 5.95. The molecule has 0 saturated carbocycles. The molecule has 2 aromatic heterocycles. The fourth-order valence-electron chi connectivity index (χ4n) is 1.54. The predicted molar refractivity (Wildman–Crippen MR) is 65.2 cm³/mol. The summed E-state index contributed by atoms with van der Waals surface area (Å²) in [5.74, 6) is 1.04. The summed E-state index contributed by atoms with van der Waals surface area (Å²) in [7, 11) is 0. The van der Waals surface area contributed by atoms with E-state index in [4.69, 9.17) is 10.5 Å². The summed E-state index contributed by atoms with van der Waals surface area (Å²) in [6.45, 7) is 7.81. The molecule has 0 saturated heterocycles. The number of hydrogen-bond donors (Lipinski definition) is 2. The highest BCUT2D eigenvalue weighted by atomic mass is 16.5. The zero-order valence-electron chi connectivity index (χ0n) is 10.5. The second kappa shape index (κ2) is 4.12. The molecule has 0 atom stereocenters. The molecule has 0 fully saturated rings. The van der Waals surface area contributed by atoms with Gasteiger partial charge in [0.1, 0.15) is 5.69 Å². The minimum Gasteiger partial charge on any atom is -0.417 e. The monoisotopic (exact) mass is 235 g/mol. The lowest BCUT2D eigenvalue weighted by Gasteiger charge is -2.10. The quantitative estimate of drug-likeness (QED) is 0.854. The van der Waals surface area contributed by atoms with Gasteiger partial charge < -0.3 is 10.5 Å². The number of aromatic nitrogens is 4. The predicted octanol–water partition coefficient (Wildman–Crippen LogP) is 2.18. The van der Waals surface area contributed by atoms with Crippen molar-refractivity contribution in [3.63, 3.8) is 0 Å². The molecule has 0 radical (unpaired) electrons. The average molecular weight is 235 g/mol. The summed E-state index contributed by atoms with van der Waals surface area (Å²) in [5.41, 5.74) is 8.21. The van der Waals surface area contributed by atoms with Crippen LogP contribution >= 0.6 is 0 Å². The molecule has 2 rings (SSSR count). The van der Waals surface area contributed by atoms with Crippen LogP contribution in [0.1, 0.15) is 31.3 Å². The number of rotatable bonds is 3. The molecule has 2 heterocycles. The van der Waals surface area contributed by atoms with E-state index in [1.165, 1.54) is 0 Å². The second-order valence-electron chi connectivity index (χ2n) is 4.33. The molecular formula is C11H17N5O. The number of aromatic amines is 1. The van der Waals surface area contributed by atoms with E-state index in [-0.39, 0.29) is 6.04 Å². The first-order chi connectivity index (χ1) is 7.99. The fourth-order valence-corrected chi connectivity index (χ4v) is 1.54. The van der Waals surface area contributed by atoms with Crippen LogP contribution in [0, 0.1) is 13.8 Å². The van der Waals surface area contributed by atoms with Gasteiger partial charge >= 0.3 is 0 Å². The van der Waals surface area contributed by atoms with Crippen LogP contribution in [0.3, 0.4) is 0 Å². The van der Waals surface area contributed by atoms with Gasteiger partial charge in [0.05, 0.1) is 11.7 Å². The van der Waals surface area contributed by atoms with E-state index in [2.05, 4.69) is 15.3 Å². The van der Waals surface area contributed by atoms with E-state index in [1.807, 2.05) is 33.8 Å². The lowest BCUT2D eigenvalue weighted by molar-refractivity contribution is 0.379. The zero-order chi connectivity index (χ0) is 12.6. The summed E-state index contributed by atoms with van der Waals surface area (Å²) >= 11 is 0. The van der Waals surface area contributed by atoms with E-state index in [0.29, 0.717) is 17.4 Å². The summed E-state index contributed by atoms with van der Waals surface area (Å²) in [5, 5.41) is 11.2. The van der Waals surface area contributed by atoms with Crippen molar-refractivity contribution in [2.45, 2.75) is 33.7 Å². The number of ether oxygens (including phenoxy) is 1. The Labute approximate surface area is 99.8 Å². The van der Waals surface area contributed by atoms with Gasteiger partial charge in [0.2, 0.25) is 11.8 Å². The number of nitrogens with one attached hydrogen (secondary N) is 1. The molecule has 0 bridgehead atoms. The Hall–Kier alpha value is -1.98. The van der Waals surface area contributed by atoms with Crippen molar-refractivity contribution in [1.82, 2.24) is 20.0 Å². The maximum atomic E-state index is 5.95. The fraction of sp³-hybridized carbons (Fsp3) is 0.455. The van der Waals surface area contributed by atoms with E-state index in [0.717, 1.165) is 11.4 Å². The highest BCUT2D eigenvalue weighted by molar-refractivity contribution is 5.53. The number of nitrogens with two attached hydrogens (primary N) is 1. The summed E-state index contributed by atoms with van der Waals surface area (Å²) < 4.78 is 7.43. The smallest absolute Gasteiger partial charge is 0.243 e. The average Bonchev–Trinajstić information content (AvgIpc) is 2.77. The molecule has 0 aliphatic rings. The maximum Gasteiger partial charge on any atom is 0.243 e. The molecule has 0 spiro atoms. The normalized spacial score (nSPS) is 11.1. The Kier molecular flexibility index (Phi) is 2.79. The van der Waals surface area contributed by atoms with Crippen LogP contribution in [0.4, 0.5) is 5.69 Å².